The molecule has 0 saturated heterocycles. The first-order chi connectivity index (χ1) is 30.0. The van der Waals surface area contributed by atoms with Gasteiger partial charge in [-0.2, -0.15) is 0 Å². The summed E-state index contributed by atoms with van der Waals surface area (Å²) in [5, 5.41) is 1.08. The molecule has 3 unspecified atom stereocenters. The number of allylic oxidation sites excluding steroid dienone is 11. The number of benzene rings is 4. The zero-order valence-corrected chi connectivity index (χ0v) is 37.0. The van der Waals surface area contributed by atoms with Crippen molar-refractivity contribution in [3.05, 3.63) is 218 Å². The van der Waals surface area contributed by atoms with E-state index in [0.717, 1.165) is 70.1 Å². The zero-order chi connectivity index (χ0) is 42.6. The smallest absolute Gasteiger partial charge is 0.158 e. The van der Waals surface area contributed by atoms with Crippen LogP contribution in [0.3, 0.4) is 0 Å². The Morgan fingerprint density at radius 3 is 2.29 bits per heavy atom. The van der Waals surface area contributed by atoms with Gasteiger partial charge in [-0.3, -0.25) is 0 Å². The molecule has 1 aromatic heterocycles. The minimum absolute atomic E-state index is 0.0473. The number of anilines is 3. The summed E-state index contributed by atoms with van der Waals surface area (Å²) in [5.74, 6) is 3.33. The molecule has 5 aromatic rings. The number of ether oxygens (including phenoxy) is 1. The van der Waals surface area contributed by atoms with E-state index in [-0.39, 0.29) is 23.3 Å². The molecule has 0 radical (unpaired) electrons. The summed E-state index contributed by atoms with van der Waals surface area (Å²) < 4.78 is 13.8. The summed E-state index contributed by atoms with van der Waals surface area (Å²) in [6, 6.07) is 27.0. The molecule has 0 bridgehead atoms. The standard InChI is InChI=1S/C58H54N2O2/c1-9-44-39(7)61-56-45(44)15-13-18-51(56)59(42-25-19-34(2)37(5)32-42)49-29-23-40-22-28-47-50(30-24-41-21-27-46(49)53(40)54(41)47)60(43-26-20-35(3)38(6)33-43)52-17-10-11-31-58(8)48-16-12-14-36(4)55(48)62-57(52)58/h9-10,12-29,32-33,40,50,53H,1,11,30-31H2,2-8H3/t40?,50?,53?,58-/m1/s1. The number of furan rings is 1. The highest BCUT2D eigenvalue weighted by Gasteiger charge is 2.47. The SMILES string of the molecule is C=Cc1c(C)oc2c(N(C3=C4C=CC5=CCC(N(C6=C7Oc8c(C)cccc8[C@@]7(C)CCC=C6)c6ccc(C)c(C)c6)C6=C5C4C(C=C6)C=C3)c3ccc(C)c(C)c3)cccc12. The quantitative estimate of drug-likeness (QED) is 0.164. The van der Waals surface area contributed by atoms with Crippen molar-refractivity contribution in [3.63, 3.8) is 0 Å². The van der Waals surface area contributed by atoms with Gasteiger partial charge in [0.25, 0.3) is 0 Å². The summed E-state index contributed by atoms with van der Waals surface area (Å²) in [4.78, 5) is 5.07. The van der Waals surface area contributed by atoms with Gasteiger partial charge in [0.05, 0.1) is 22.8 Å². The highest BCUT2D eigenvalue weighted by molar-refractivity contribution is 5.99. The van der Waals surface area contributed by atoms with Crippen LogP contribution in [0, 0.1) is 53.4 Å². The molecule has 1 aliphatic heterocycles. The van der Waals surface area contributed by atoms with E-state index in [1.165, 1.54) is 67.1 Å². The first kappa shape index (κ1) is 38.4. The second-order valence-corrected chi connectivity index (χ2v) is 18.4. The molecule has 4 atom stereocenters. The first-order valence-corrected chi connectivity index (χ1v) is 22.4. The zero-order valence-electron chi connectivity index (χ0n) is 37.0. The van der Waals surface area contributed by atoms with Crippen LogP contribution in [0.5, 0.6) is 5.75 Å². The van der Waals surface area contributed by atoms with E-state index in [1.54, 1.807) is 0 Å². The van der Waals surface area contributed by atoms with Gasteiger partial charge < -0.3 is 19.0 Å². The molecule has 6 aliphatic rings. The molecule has 5 aliphatic carbocycles. The van der Waals surface area contributed by atoms with Gasteiger partial charge >= 0.3 is 0 Å². The van der Waals surface area contributed by atoms with Crippen molar-refractivity contribution >= 4 is 34.1 Å². The molecule has 0 N–H and O–H groups in total. The molecule has 4 heteroatoms. The highest BCUT2D eigenvalue weighted by Crippen LogP contribution is 2.56. The van der Waals surface area contributed by atoms with Crippen molar-refractivity contribution in [2.45, 2.75) is 79.2 Å². The van der Waals surface area contributed by atoms with Crippen LogP contribution in [0.15, 0.2) is 178 Å². The maximum absolute atomic E-state index is 7.13. The molecule has 4 nitrogen and oxygen atoms in total. The largest absolute Gasteiger partial charge is 0.459 e. The van der Waals surface area contributed by atoms with E-state index >= 15 is 0 Å². The van der Waals surface area contributed by atoms with E-state index in [2.05, 4.69) is 185 Å². The van der Waals surface area contributed by atoms with Gasteiger partial charge in [0.15, 0.2) is 5.58 Å². The van der Waals surface area contributed by atoms with Crippen molar-refractivity contribution in [2.75, 3.05) is 9.80 Å². The van der Waals surface area contributed by atoms with Crippen LogP contribution < -0.4 is 14.5 Å². The molecule has 0 fully saturated rings. The number of hydrogen-bond acceptors (Lipinski definition) is 4. The Hall–Kier alpha value is -6.52. The summed E-state index contributed by atoms with van der Waals surface area (Å²) in [7, 11) is 0. The lowest BCUT2D eigenvalue weighted by Gasteiger charge is -2.46. The van der Waals surface area contributed by atoms with Gasteiger partial charge in [-0.15, -0.1) is 0 Å². The third kappa shape index (κ3) is 5.65. The molecular weight excluding hydrogens is 757 g/mol. The fourth-order valence-electron chi connectivity index (χ4n) is 11.2. The third-order valence-electron chi connectivity index (χ3n) is 14.8. The molecule has 0 amide bonds. The van der Waals surface area contributed by atoms with Gasteiger partial charge in [0, 0.05) is 45.4 Å². The van der Waals surface area contributed by atoms with Crippen LogP contribution in [-0.2, 0) is 5.41 Å². The average Bonchev–Trinajstić information content (AvgIpc) is 3.71. The molecule has 0 saturated carbocycles. The number of nitrogens with zero attached hydrogens (tertiary/aromatic N) is 2. The molecule has 11 rings (SSSR count). The van der Waals surface area contributed by atoms with Gasteiger partial charge in [0.1, 0.15) is 17.3 Å². The fraction of sp³-hybridized carbons (Fsp3) is 0.241. The molecular formula is C58H54N2O2. The summed E-state index contributed by atoms with van der Waals surface area (Å²) in [6.07, 6.45) is 26.5. The number of fused-ring (bicyclic) bond motifs is 4. The van der Waals surface area contributed by atoms with Crippen molar-refractivity contribution in [3.8, 4) is 5.75 Å². The minimum Gasteiger partial charge on any atom is -0.459 e. The van der Waals surface area contributed by atoms with Gasteiger partial charge in [-0.1, -0.05) is 97.7 Å². The molecule has 62 heavy (non-hydrogen) atoms. The van der Waals surface area contributed by atoms with Crippen LogP contribution in [-0.4, -0.2) is 6.04 Å². The van der Waals surface area contributed by atoms with E-state index in [4.69, 9.17) is 9.15 Å². The van der Waals surface area contributed by atoms with Crippen LogP contribution in [0.25, 0.3) is 17.0 Å². The highest BCUT2D eigenvalue weighted by atomic mass is 16.5. The van der Waals surface area contributed by atoms with Crippen LogP contribution >= 0.6 is 0 Å². The Morgan fingerprint density at radius 2 is 1.50 bits per heavy atom. The maximum Gasteiger partial charge on any atom is 0.158 e. The van der Waals surface area contributed by atoms with Crippen molar-refractivity contribution in [2.24, 2.45) is 11.8 Å². The Kier molecular flexibility index (Phi) is 8.84. The average molecular weight is 811 g/mol. The maximum atomic E-state index is 7.13. The molecule has 4 aromatic carbocycles. The molecule has 308 valence electrons. The number of hydrogen-bond donors (Lipinski definition) is 0. The Morgan fingerprint density at radius 1 is 0.742 bits per heavy atom. The first-order valence-electron chi connectivity index (χ1n) is 22.4. The third-order valence-corrected chi connectivity index (χ3v) is 14.8. The molecule has 2 heterocycles. The number of aryl methyl sites for hydroxylation is 6. The summed E-state index contributed by atoms with van der Waals surface area (Å²) >= 11 is 0. The predicted molar refractivity (Wildman–Crippen MR) is 257 cm³/mol. The molecule has 0 spiro atoms. The summed E-state index contributed by atoms with van der Waals surface area (Å²) in [6.45, 7) is 19.6. The van der Waals surface area contributed by atoms with E-state index in [0.29, 0.717) is 0 Å². The second kappa shape index (κ2) is 14.3. The fourth-order valence-corrected chi connectivity index (χ4v) is 11.2. The van der Waals surface area contributed by atoms with Gasteiger partial charge in [-0.25, -0.2) is 0 Å². The minimum atomic E-state index is -0.245. The normalized spacial score (nSPS) is 23.0. The number of para-hydroxylation sites is 2. The topological polar surface area (TPSA) is 28.9 Å². The Labute approximate surface area is 366 Å². The van der Waals surface area contributed by atoms with E-state index in [1.807, 2.05) is 13.0 Å². The lowest BCUT2D eigenvalue weighted by atomic mass is 9.64. The Balaban J connectivity index is 1.11. The van der Waals surface area contributed by atoms with E-state index in [9.17, 15) is 0 Å². The number of rotatable bonds is 7. The van der Waals surface area contributed by atoms with Crippen LogP contribution in [0.4, 0.5) is 17.1 Å². The lowest BCUT2D eigenvalue weighted by Crippen LogP contribution is -2.42. The summed E-state index contributed by atoms with van der Waals surface area (Å²) in [5.41, 5.74) is 20.4. The second-order valence-electron chi connectivity index (χ2n) is 18.4. The lowest BCUT2D eigenvalue weighted by molar-refractivity contribution is 0.360. The van der Waals surface area contributed by atoms with Crippen LogP contribution in [0.2, 0.25) is 0 Å². The van der Waals surface area contributed by atoms with Crippen molar-refractivity contribution in [1.29, 1.82) is 0 Å². The Bertz CT molecular complexity index is 3040. The van der Waals surface area contributed by atoms with Crippen molar-refractivity contribution in [1.82, 2.24) is 0 Å². The van der Waals surface area contributed by atoms with E-state index < -0.39 is 0 Å². The van der Waals surface area contributed by atoms with Crippen LogP contribution in [0.1, 0.15) is 70.9 Å². The monoisotopic (exact) mass is 810 g/mol. The van der Waals surface area contributed by atoms with Crippen molar-refractivity contribution < 1.29 is 9.15 Å². The van der Waals surface area contributed by atoms with Gasteiger partial charge in [-0.05, 0) is 160 Å². The van der Waals surface area contributed by atoms with Gasteiger partial charge in [0.2, 0.25) is 0 Å². The predicted octanol–water partition coefficient (Wildman–Crippen LogP) is 14.7.